The lowest BCUT2D eigenvalue weighted by atomic mass is 10.1. The Morgan fingerprint density at radius 3 is 3.06 bits per heavy atom. The average molecular weight is 265 g/mol. The quantitative estimate of drug-likeness (QED) is 0.800. The Labute approximate surface area is 112 Å². The van der Waals surface area contributed by atoms with Gasteiger partial charge in [-0.25, -0.2) is 0 Å². The monoisotopic (exact) mass is 265 g/mol. The van der Waals surface area contributed by atoms with Gasteiger partial charge in [0.05, 0.1) is 12.1 Å². The van der Waals surface area contributed by atoms with Crippen LogP contribution in [0.5, 0.6) is 0 Å². The van der Waals surface area contributed by atoms with E-state index in [9.17, 15) is 9.90 Å². The summed E-state index contributed by atoms with van der Waals surface area (Å²) in [5, 5.41) is 13.0. The number of carbonyl (C=O) groups is 1. The van der Waals surface area contributed by atoms with Crippen LogP contribution in [0.25, 0.3) is 0 Å². The number of benzene rings is 1. The zero-order valence-electron chi connectivity index (χ0n) is 10.6. The first kappa shape index (κ1) is 13.4. The fourth-order valence-corrected chi connectivity index (χ4v) is 2.80. The molecule has 0 bridgehead atoms. The minimum absolute atomic E-state index is 0.0322. The Kier molecular flexibility index (Phi) is 4.66. The van der Waals surface area contributed by atoms with Crippen molar-refractivity contribution >= 4 is 17.7 Å². The first-order valence-electron chi connectivity index (χ1n) is 6.26. The maximum Gasteiger partial charge on any atom is 0.220 e. The smallest absolute Gasteiger partial charge is 0.220 e. The van der Waals surface area contributed by atoms with E-state index in [1.54, 1.807) is 11.8 Å². The van der Waals surface area contributed by atoms with Gasteiger partial charge in [-0.3, -0.25) is 4.79 Å². The van der Waals surface area contributed by atoms with Crippen molar-refractivity contribution in [3.63, 3.8) is 0 Å². The minimum atomic E-state index is -0.494. The summed E-state index contributed by atoms with van der Waals surface area (Å²) >= 11 is 1.75. The highest BCUT2D eigenvalue weighted by Gasteiger charge is 2.31. The molecule has 2 atom stereocenters. The first-order chi connectivity index (χ1) is 8.72. The summed E-state index contributed by atoms with van der Waals surface area (Å²) in [6.45, 7) is 0. The number of hydrogen-bond acceptors (Lipinski definition) is 3. The lowest BCUT2D eigenvalue weighted by Crippen LogP contribution is -2.33. The molecule has 1 aromatic carbocycles. The molecule has 0 spiro atoms. The van der Waals surface area contributed by atoms with Gasteiger partial charge < -0.3 is 10.4 Å². The zero-order valence-corrected chi connectivity index (χ0v) is 11.4. The molecule has 2 rings (SSSR count). The van der Waals surface area contributed by atoms with Gasteiger partial charge in [0.1, 0.15) is 0 Å². The van der Waals surface area contributed by atoms with Crippen LogP contribution >= 0.6 is 11.8 Å². The molecule has 3 nitrogen and oxygen atoms in total. The van der Waals surface area contributed by atoms with Crippen LogP contribution in [0, 0.1) is 0 Å². The van der Waals surface area contributed by atoms with Crippen LogP contribution in [0.3, 0.4) is 0 Å². The third-order valence-electron chi connectivity index (χ3n) is 3.27. The number of aliphatic hydroxyl groups excluding tert-OH is 1. The fourth-order valence-electron chi connectivity index (χ4n) is 2.37. The molecule has 0 saturated heterocycles. The van der Waals surface area contributed by atoms with Gasteiger partial charge in [0.25, 0.3) is 0 Å². The van der Waals surface area contributed by atoms with Gasteiger partial charge in [-0.2, -0.15) is 11.8 Å². The SMILES string of the molecule is CSCCCC(=O)NC1c2ccccc2CC1O. The Hall–Kier alpha value is -1.00. The molecule has 98 valence electrons. The highest BCUT2D eigenvalue weighted by Crippen LogP contribution is 2.31. The Morgan fingerprint density at radius 1 is 1.50 bits per heavy atom. The third-order valence-corrected chi connectivity index (χ3v) is 3.97. The number of rotatable bonds is 5. The van der Waals surface area contributed by atoms with Crippen LogP contribution in [-0.2, 0) is 11.2 Å². The van der Waals surface area contributed by atoms with Gasteiger partial charge >= 0.3 is 0 Å². The van der Waals surface area contributed by atoms with E-state index in [1.807, 2.05) is 30.5 Å². The molecular weight excluding hydrogens is 246 g/mol. The summed E-state index contributed by atoms with van der Waals surface area (Å²) < 4.78 is 0. The number of carbonyl (C=O) groups excluding carboxylic acids is 1. The number of amides is 1. The molecule has 0 aliphatic heterocycles. The molecule has 1 amide bonds. The van der Waals surface area contributed by atoms with Crippen LogP contribution in [0.4, 0.5) is 0 Å². The molecule has 18 heavy (non-hydrogen) atoms. The molecule has 4 heteroatoms. The van der Waals surface area contributed by atoms with Crippen LogP contribution in [-0.4, -0.2) is 29.1 Å². The summed E-state index contributed by atoms with van der Waals surface area (Å²) in [6, 6.07) is 7.68. The van der Waals surface area contributed by atoms with Gasteiger partial charge in [-0.1, -0.05) is 24.3 Å². The number of nitrogens with one attached hydrogen (secondary N) is 1. The number of hydrogen-bond donors (Lipinski definition) is 2. The largest absolute Gasteiger partial charge is 0.390 e. The normalized spacial score (nSPS) is 21.7. The van der Waals surface area contributed by atoms with Gasteiger partial charge in [-0.15, -0.1) is 0 Å². The van der Waals surface area contributed by atoms with Gasteiger partial charge in [-0.05, 0) is 29.6 Å². The topological polar surface area (TPSA) is 49.3 Å². The molecule has 2 N–H and O–H groups in total. The van der Waals surface area contributed by atoms with Crippen molar-refractivity contribution in [2.45, 2.75) is 31.4 Å². The van der Waals surface area contributed by atoms with E-state index in [2.05, 4.69) is 5.32 Å². The third kappa shape index (κ3) is 3.06. The van der Waals surface area contributed by atoms with Gasteiger partial charge in [0.15, 0.2) is 0 Å². The standard InChI is InChI=1S/C14H19NO2S/c1-18-8-4-7-13(17)15-14-11-6-3-2-5-10(11)9-12(14)16/h2-3,5-6,12,14,16H,4,7-9H2,1H3,(H,15,17). The molecule has 0 radical (unpaired) electrons. The molecular formula is C14H19NO2S. The highest BCUT2D eigenvalue weighted by molar-refractivity contribution is 7.98. The Morgan fingerprint density at radius 2 is 2.28 bits per heavy atom. The Balaban J connectivity index is 1.95. The highest BCUT2D eigenvalue weighted by atomic mass is 32.2. The minimum Gasteiger partial charge on any atom is -0.390 e. The molecule has 1 aromatic rings. The second-order valence-electron chi connectivity index (χ2n) is 4.61. The van der Waals surface area contributed by atoms with Crippen LogP contribution < -0.4 is 5.32 Å². The van der Waals surface area contributed by atoms with E-state index < -0.39 is 6.10 Å². The van der Waals surface area contributed by atoms with E-state index in [0.717, 1.165) is 23.3 Å². The van der Waals surface area contributed by atoms with Gasteiger partial charge in [0.2, 0.25) is 5.91 Å². The van der Waals surface area contributed by atoms with Crippen molar-refractivity contribution in [3.8, 4) is 0 Å². The lowest BCUT2D eigenvalue weighted by Gasteiger charge is -2.17. The molecule has 1 aliphatic carbocycles. The van der Waals surface area contributed by atoms with E-state index in [0.29, 0.717) is 12.8 Å². The van der Waals surface area contributed by atoms with Crippen molar-refractivity contribution in [2.75, 3.05) is 12.0 Å². The molecule has 1 aliphatic rings. The van der Waals surface area contributed by atoms with Gasteiger partial charge in [0, 0.05) is 12.8 Å². The van der Waals surface area contributed by atoms with E-state index >= 15 is 0 Å². The molecule has 0 saturated carbocycles. The molecule has 0 fully saturated rings. The van der Waals surface area contributed by atoms with E-state index in [-0.39, 0.29) is 11.9 Å². The van der Waals surface area contributed by atoms with Crippen LogP contribution in [0.15, 0.2) is 24.3 Å². The first-order valence-corrected chi connectivity index (χ1v) is 7.66. The predicted molar refractivity (Wildman–Crippen MR) is 74.7 cm³/mol. The second-order valence-corrected chi connectivity index (χ2v) is 5.60. The summed E-state index contributed by atoms with van der Waals surface area (Å²) in [5.41, 5.74) is 2.20. The van der Waals surface area contributed by atoms with Crippen LogP contribution in [0.1, 0.15) is 30.0 Å². The Bertz CT molecular complexity index is 422. The summed E-state index contributed by atoms with van der Waals surface area (Å²) in [4.78, 5) is 11.8. The van der Waals surface area contributed by atoms with Crippen molar-refractivity contribution in [3.05, 3.63) is 35.4 Å². The fraction of sp³-hybridized carbons (Fsp3) is 0.500. The van der Waals surface area contributed by atoms with E-state index in [4.69, 9.17) is 0 Å². The maximum absolute atomic E-state index is 11.8. The zero-order chi connectivity index (χ0) is 13.0. The molecule has 0 aromatic heterocycles. The summed E-state index contributed by atoms with van der Waals surface area (Å²) in [7, 11) is 0. The van der Waals surface area contributed by atoms with Crippen molar-refractivity contribution in [1.82, 2.24) is 5.32 Å². The summed E-state index contributed by atoms with van der Waals surface area (Å²) in [6.07, 6.45) is 3.59. The van der Waals surface area contributed by atoms with E-state index in [1.165, 1.54) is 0 Å². The number of aliphatic hydroxyl groups is 1. The molecule has 0 heterocycles. The average Bonchev–Trinajstić information content (AvgIpc) is 2.67. The van der Waals surface area contributed by atoms with Crippen LogP contribution in [0.2, 0.25) is 0 Å². The predicted octanol–water partition coefficient (Wildman–Crippen LogP) is 1.90. The van der Waals surface area contributed by atoms with Crippen molar-refractivity contribution in [2.24, 2.45) is 0 Å². The van der Waals surface area contributed by atoms with Crippen molar-refractivity contribution in [1.29, 1.82) is 0 Å². The second kappa shape index (κ2) is 6.25. The lowest BCUT2D eigenvalue weighted by molar-refractivity contribution is -0.122. The van der Waals surface area contributed by atoms with Crippen molar-refractivity contribution < 1.29 is 9.90 Å². The maximum atomic E-state index is 11.8. The number of thioether (sulfide) groups is 1. The summed E-state index contributed by atoms with van der Waals surface area (Å²) in [5.74, 6) is 1.03. The molecule has 2 unspecified atom stereocenters. The number of fused-ring (bicyclic) bond motifs is 1.